The molecule has 0 aliphatic carbocycles. The van der Waals surface area contributed by atoms with Crippen LogP contribution in [0.2, 0.25) is 0 Å². The number of amides is 1. The van der Waals surface area contributed by atoms with Gasteiger partial charge in [-0.2, -0.15) is 0 Å². The number of anilines is 3. The highest BCUT2D eigenvalue weighted by molar-refractivity contribution is 5.96. The van der Waals surface area contributed by atoms with Gasteiger partial charge in [0.1, 0.15) is 0 Å². The van der Waals surface area contributed by atoms with E-state index in [4.69, 9.17) is 5.73 Å². The van der Waals surface area contributed by atoms with Gasteiger partial charge in [0.25, 0.3) is 5.91 Å². The molecule has 1 amide bonds. The Balaban J connectivity index is 1.97. The summed E-state index contributed by atoms with van der Waals surface area (Å²) < 4.78 is 0. The molecule has 0 spiro atoms. The Morgan fingerprint density at radius 3 is 2.00 bits per heavy atom. The second-order valence-electron chi connectivity index (χ2n) is 5.04. The molecule has 0 aliphatic rings. The molecule has 23 heavy (non-hydrogen) atoms. The Labute approximate surface area is 135 Å². The molecular weight excluding hydrogens is 286 g/mol. The van der Waals surface area contributed by atoms with E-state index in [9.17, 15) is 4.79 Å². The molecule has 4 heteroatoms. The average Bonchev–Trinajstić information content (AvgIpc) is 2.62. The number of nitrogens with zero attached hydrogens (tertiary/aromatic N) is 1. The van der Waals surface area contributed by atoms with Crippen molar-refractivity contribution in [1.82, 2.24) is 5.43 Å². The first-order chi connectivity index (χ1) is 11.3. The molecule has 114 valence electrons. The van der Waals surface area contributed by atoms with Crippen molar-refractivity contribution in [3.8, 4) is 0 Å². The van der Waals surface area contributed by atoms with Crippen molar-refractivity contribution in [2.75, 3.05) is 10.7 Å². The van der Waals surface area contributed by atoms with Gasteiger partial charge in [-0.1, -0.05) is 48.5 Å². The zero-order chi connectivity index (χ0) is 16.1. The van der Waals surface area contributed by atoms with Gasteiger partial charge in [0, 0.05) is 5.56 Å². The van der Waals surface area contributed by atoms with E-state index in [2.05, 4.69) is 5.43 Å². The molecule has 0 saturated carbocycles. The first-order valence-electron chi connectivity index (χ1n) is 7.31. The normalized spacial score (nSPS) is 10.1. The molecule has 3 aromatic rings. The quantitative estimate of drug-likeness (QED) is 0.570. The number of nitrogens with one attached hydrogen (secondary N) is 1. The van der Waals surface area contributed by atoms with Gasteiger partial charge in [-0.15, -0.1) is 0 Å². The number of hydrazine groups is 1. The van der Waals surface area contributed by atoms with E-state index >= 15 is 0 Å². The van der Waals surface area contributed by atoms with Crippen LogP contribution in [0.4, 0.5) is 17.1 Å². The summed E-state index contributed by atoms with van der Waals surface area (Å²) in [6.07, 6.45) is 0. The highest BCUT2D eigenvalue weighted by atomic mass is 16.2. The van der Waals surface area contributed by atoms with Gasteiger partial charge in [-0.25, -0.2) is 0 Å². The lowest BCUT2D eigenvalue weighted by molar-refractivity contribution is 0.0954. The van der Waals surface area contributed by atoms with Crippen molar-refractivity contribution in [3.63, 3.8) is 0 Å². The molecule has 0 unspecified atom stereocenters. The molecule has 0 aromatic heterocycles. The fourth-order valence-corrected chi connectivity index (χ4v) is 2.29. The lowest BCUT2D eigenvalue weighted by atomic mass is 10.2. The third-order valence-corrected chi connectivity index (χ3v) is 3.44. The van der Waals surface area contributed by atoms with Crippen LogP contribution in [0.1, 0.15) is 10.4 Å². The van der Waals surface area contributed by atoms with Crippen LogP contribution in [0, 0.1) is 0 Å². The fourth-order valence-electron chi connectivity index (χ4n) is 2.29. The Hall–Kier alpha value is -3.27. The van der Waals surface area contributed by atoms with Gasteiger partial charge in [0.05, 0.1) is 17.1 Å². The predicted octanol–water partition coefficient (Wildman–Crippen LogP) is 3.75. The molecule has 3 N–H and O–H groups in total. The number of nitrogen functional groups attached to an aromatic ring is 1. The van der Waals surface area contributed by atoms with E-state index in [-0.39, 0.29) is 5.91 Å². The molecular formula is C19H17N3O. The summed E-state index contributed by atoms with van der Waals surface area (Å²) in [5.41, 5.74) is 11.7. The Kier molecular flexibility index (Phi) is 4.25. The van der Waals surface area contributed by atoms with Crippen LogP contribution in [-0.2, 0) is 0 Å². The smallest absolute Gasteiger partial charge is 0.270 e. The fraction of sp³-hybridized carbons (Fsp3) is 0. The van der Waals surface area contributed by atoms with Crippen LogP contribution in [-0.4, -0.2) is 5.91 Å². The molecule has 0 radical (unpaired) electrons. The molecule has 0 heterocycles. The first-order valence-corrected chi connectivity index (χ1v) is 7.31. The van der Waals surface area contributed by atoms with Gasteiger partial charge in [-0.05, 0) is 36.4 Å². The van der Waals surface area contributed by atoms with Crippen LogP contribution in [0.5, 0.6) is 0 Å². The van der Waals surface area contributed by atoms with Crippen molar-refractivity contribution in [2.24, 2.45) is 0 Å². The standard InChI is InChI=1S/C19H17N3O/c20-17-13-7-8-14-18(17)22(16-11-5-2-6-12-16)21-19(23)15-9-3-1-4-10-15/h1-14H,20H2,(H,21,23). The largest absolute Gasteiger partial charge is 0.397 e. The molecule has 3 rings (SSSR count). The van der Waals surface area contributed by atoms with E-state index in [0.29, 0.717) is 11.3 Å². The SMILES string of the molecule is Nc1ccccc1N(NC(=O)c1ccccc1)c1ccccc1. The van der Waals surface area contributed by atoms with Crippen LogP contribution < -0.4 is 16.2 Å². The molecule has 0 aliphatic heterocycles. The second-order valence-corrected chi connectivity index (χ2v) is 5.04. The summed E-state index contributed by atoms with van der Waals surface area (Å²) >= 11 is 0. The van der Waals surface area contributed by atoms with E-state index in [1.165, 1.54) is 0 Å². The van der Waals surface area contributed by atoms with Crippen molar-refractivity contribution in [3.05, 3.63) is 90.5 Å². The number of rotatable bonds is 4. The third-order valence-electron chi connectivity index (χ3n) is 3.44. The van der Waals surface area contributed by atoms with Gasteiger partial charge in [0.15, 0.2) is 0 Å². The van der Waals surface area contributed by atoms with E-state index in [1.807, 2.05) is 66.7 Å². The van der Waals surface area contributed by atoms with Crippen molar-refractivity contribution >= 4 is 23.0 Å². The molecule has 0 atom stereocenters. The van der Waals surface area contributed by atoms with Gasteiger partial charge >= 0.3 is 0 Å². The number of carbonyl (C=O) groups excluding carboxylic acids is 1. The van der Waals surface area contributed by atoms with Crippen LogP contribution in [0.3, 0.4) is 0 Å². The Morgan fingerprint density at radius 2 is 1.35 bits per heavy atom. The summed E-state index contributed by atoms with van der Waals surface area (Å²) in [5, 5.41) is 1.70. The van der Waals surface area contributed by atoms with E-state index < -0.39 is 0 Å². The minimum absolute atomic E-state index is 0.197. The lowest BCUT2D eigenvalue weighted by Gasteiger charge is -2.26. The maximum absolute atomic E-state index is 12.5. The zero-order valence-electron chi connectivity index (χ0n) is 12.5. The highest BCUT2D eigenvalue weighted by Crippen LogP contribution is 2.28. The monoisotopic (exact) mass is 303 g/mol. The summed E-state index contributed by atoms with van der Waals surface area (Å²) in [6, 6.07) is 26.1. The Bertz CT molecular complexity index is 788. The van der Waals surface area contributed by atoms with Crippen LogP contribution >= 0.6 is 0 Å². The number of para-hydroxylation sites is 3. The number of hydrogen-bond donors (Lipinski definition) is 2. The predicted molar refractivity (Wildman–Crippen MR) is 93.3 cm³/mol. The van der Waals surface area contributed by atoms with Gasteiger partial charge in [0.2, 0.25) is 0 Å². The minimum Gasteiger partial charge on any atom is -0.397 e. The van der Waals surface area contributed by atoms with E-state index in [0.717, 1.165) is 11.4 Å². The topological polar surface area (TPSA) is 58.4 Å². The van der Waals surface area contributed by atoms with Crippen molar-refractivity contribution in [1.29, 1.82) is 0 Å². The van der Waals surface area contributed by atoms with E-state index in [1.54, 1.807) is 23.2 Å². The third kappa shape index (κ3) is 3.32. The lowest BCUT2D eigenvalue weighted by Crippen LogP contribution is -2.39. The summed E-state index contributed by atoms with van der Waals surface area (Å²) in [7, 11) is 0. The van der Waals surface area contributed by atoms with Gasteiger partial charge < -0.3 is 5.73 Å². The summed E-state index contributed by atoms with van der Waals surface area (Å²) in [6.45, 7) is 0. The maximum Gasteiger partial charge on any atom is 0.270 e. The van der Waals surface area contributed by atoms with Crippen molar-refractivity contribution < 1.29 is 4.79 Å². The minimum atomic E-state index is -0.197. The number of carbonyl (C=O) groups is 1. The molecule has 0 saturated heterocycles. The van der Waals surface area contributed by atoms with Crippen molar-refractivity contribution in [2.45, 2.75) is 0 Å². The molecule has 0 fully saturated rings. The number of hydrogen-bond acceptors (Lipinski definition) is 3. The maximum atomic E-state index is 12.5. The first kappa shape index (κ1) is 14.7. The highest BCUT2D eigenvalue weighted by Gasteiger charge is 2.15. The van der Waals surface area contributed by atoms with Crippen LogP contribution in [0.25, 0.3) is 0 Å². The second kappa shape index (κ2) is 6.66. The number of nitrogens with two attached hydrogens (primary N) is 1. The molecule has 0 bridgehead atoms. The summed E-state index contributed by atoms with van der Waals surface area (Å²) in [5.74, 6) is -0.197. The average molecular weight is 303 g/mol. The summed E-state index contributed by atoms with van der Waals surface area (Å²) in [4.78, 5) is 12.5. The van der Waals surface area contributed by atoms with Crippen LogP contribution in [0.15, 0.2) is 84.9 Å². The Morgan fingerprint density at radius 1 is 0.783 bits per heavy atom. The number of benzene rings is 3. The van der Waals surface area contributed by atoms with Gasteiger partial charge in [-0.3, -0.25) is 15.2 Å². The molecule has 4 nitrogen and oxygen atoms in total. The zero-order valence-corrected chi connectivity index (χ0v) is 12.5. The molecule has 3 aromatic carbocycles.